The van der Waals surface area contributed by atoms with Crippen LogP contribution >= 0.6 is 23.4 Å². The molecule has 4 nitrogen and oxygen atoms in total. The number of hydrogen-bond donors (Lipinski definition) is 0. The molecule has 0 bridgehead atoms. The number of halogens is 1. The molecule has 0 unspecified atom stereocenters. The fourth-order valence-electron chi connectivity index (χ4n) is 2.93. The molecule has 0 radical (unpaired) electrons. The molecule has 0 spiro atoms. The van der Waals surface area contributed by atoms with Crippen LogP contribution in [-0.4, -0.2) is 35.2 Å². The summed E-state index contributed by atoms with van der Waals surface area (Å²) in [5.74, 6) is 0.167. The molecule has 0 aromatic heterocycles. The molecular formula is C21H22ClNO3S. The summed E-state index contributed by atoms with van der Waals surface area (Å²) in [4.78, 5) is 27.6. The monoisotopic (exact) mass is 403 g/mol. The van der Waals surface area contributed by atoms with Gasteiger partial charge in [-0.2, -0.15) is 0 Å². The molecule has 27 heavy (non-hydrogen) atoms. The van der Waals surface area contributed by atoms with Gasteiger partial charge in [0, 0.05) is 16.3 Å². The average molecular weight is 404 g/mol. The molecule has 1 heterocycles. The molecule has 1 saturated heterocycles. The van der Waals surface area contributed by atoms with E-state index in [4.69, 9.17) is 16.3 Å². The lowest BCUT2D eigenvalue weighted by molar-refractivity contribution is -0.149. The van der Waals surface area contributed by atoms with Crippen LogP contribution in [0.3, 0.4) is 0 Å². The zero-order valence-corrected chi connectivity index (χ0v) is 16.9. The Kier molecular flexibility index (Phi) is 6.45. The van der Waals surface area contributed by atoms with E-state index in [1.54, 1.807) is 40.9 Å². The molecular weight excluding hydrogens is 382 g/mol. The van der Waals surface area contributed by atoms with Crippen LogP contribution in [0.2, 0.25) is 5.02 Å². The fraction of sp³-hybridized carbons (Fsp3) is 0.333. The van der Waals surface area contributed by atoms with E-state index < -0.39 is 6.04 Å². The van der Waals surface area contributed by atoms with Gasteiger partial charge in [-0.15, -0.1) is 11.8 Å². The minimum absolute atomic E-state index is 0.220. The van der Waals surface area contributed by atoms with Crippen molar-refractivity contribution in [1.29, 1.82) is 0 Å². The number of hydrogen-bond acceptors (Lipinski definition) is 4. The zero-order valence-electron chi connectivity index (χ0n) is 15.3. The first-order valence-electron chi connectivity index (χ1n) is 8.89. The third-order valence-electron chi connectivity index (χ3n) is 4.22. The number of esters is 1. The second-order valence-electron chi connectivity index (χ2n) is 6.86. The lowest BCUT2D eigenvalue weighted by Crippen LogP contribution is -2.44. The van der Waals surface area contributed by atoms with Crippen LogP contribution in [0, 0.1) is 5.92 Å². The second kappa shape index (κ2) is 8.81. The topological polar surface area (TPSA) is 46.6 Å². The number of nitrogens with zero attached hydrogens (tertiary/aromatic N) is 1. The van der Waals surface area contributed by atoms with E-state index in [0.717, 1.165) is 5.56 Å². The van der Waals surface area contributed by atoms with Gasteiger partial charge in [-0.1, -0.05) is 61.8 Å². The van der Waals surface area contributed by atoms with Crippen molar-refractivity contribution in [3.05, 3.63) is 70.7 Å². The average Bonchev–Trinajstić information content (AvgIpc) is 3.11. The Labute approximate surface area is 168 Å². The third-order valence-corrected chi connectivity index (χ3v) is 5.78. The fourth-order valence-corrected chi connectivity index (χ4v) is 4.53. The number of ether oxygens (including phenoxy) is 1. The highest BCUT2D eigenvalue weighted by molar-refractivity contribution is 7.99. The van der Waals surface area contributed by atoms with Crippen molar-refractivity contribution in [1.82, 2.24) is 4.90 Å². The first-order chi connectivity index (χ1) is 13.0. The Bertz CT molecular complexity index is 812. The summed E-state index contributed by atoms with van der Waals surface area (Å²) in [6.45, 7) is 4.31. The highest BCUT2D eigenvalue weighted by atomic mass is 35.5. The molecule has 0 N–H and O–H groups in total. The van der Waals surface area contributed by atoms with E-state index in [2.05, 4.69) is 0 Å². The van der Waals surface area contributed by atoms with Crippen molar-refractivity contribution in [3.8, 4) is 0 Å². The summed E-state index contributed by atoms with van der Waals surface area (Å²) < 4.78 is 5.44. The lowest BCUT2D eigenvalue weighted by atomic mass is 10.1. The molecule has 6 heteroatoms. The maximum atomic E-state index is 13.3. The van der Waals surface area contributed by atoms with Crippen LogP contribution in [0.15, 0.2) is 54.6 Å². The van der Waals surface area contributed by atoms with Crippen LogP contribution < -0.4 is 0 Å². The Balaban J connectivity index is 1.92. The van der Waals surface area contributed by atoms with Gasteiger partial charge in [-0.3, -0.25) is 4.79 Å². The van der Waals surface area contributed by atoms with Gasteiger partial charge in [0.05, 0.1) is 6.61 Å². The van der Waals surface area contributed by atoms with Crippen molar-refractivity contribution >= 4 is 35.2 Å². The van der Waals surface area contributed by atoms with E-state index >= 15 is 0 Å². The number of carbonyl (C=O) groups is 2. The summed E-state index contributed by atoms with van der Waals surface area (Å²) in [6, 6.07) is 15.9. The molecule has 1 fully saturated rings. The lowest BCUT2D eigenvalue weighted by Gasteiger charge is -2.29. The van der Waals surface area contributed by atoms with Crippen LogP contribution in [0.1, 0.15) is 35.1 Å². The quantitative estimate of drug-likeness (QED) is 0.673. The maximum Gasteiger partial charge on any atom is 0.329 e. The molecule has 2 atom stereocenters. The van der Waals surface area contributed by atoms with Crippen molar-refractivity contribution in [2.75, 3.05) is 12.4 Å². The number of rotatable bonds is 5. The van der Waals surface area contributed by atoms with Crippen LogP contribution in [0.4, 0.5) is 0 Å². The van der Waals surface area contributed by atoms with Gasteiger partial charge >= 0.3 is 5.97 Å². The number of amides is 1. The van der Waals surface area contributed by atoms with Crippen LogP contribution in [0.5, 0.6) is 0 Å². The summed E-state index contributed by atoms with van der Waals surface area (Å²) in [7, 11) is 0. The minimum Gasteiger partial charge on any atom is -0.464 e. The van der Waals surface area contributed by atoms with Gasteiger partial charge in [0.25, 0.3) is 5.91 Å². The van der Waals surface area contributed by atoms with Crippen molar-refractivity contribution in [3.63, 3.8) is 0 Å². The van der Waals surface area contributed by atoms with Crippen molar-refractivity contribution in [2.24, 2.45) is 5.92 Å². The Hall–Kier alpha value is -1.98. The predicted molar refractivity (Wildman–Crippen MR) is 109 cm³/mol. The first kappa shape index (κ1) is 19.8. The van der Waals surface area contributed by atoms with E-state index in [0.29, 0.717) is 22.9 Å². The number of thioether (sulfide) groups is 1. The van der Waals surface area contributed by atoms with E-state index in [9.17, 15) is 9.59 Å². The minimum atomic E-state index is -0.620. The van der Waals surface area contributed by atoms with Crippen LogP contribution in [-0.2, 0) is 9.53 Å². The predicted octanol–water partition coefficient (Wildman–Crippen LogP) is 4.80. The molecule has 1 aliphatic heterocycles. The smallest absolute Gasteiger partial charge is 0.329 e. The molecule has 1 aliphatic rings. The third kappa shape index (κ3) is 4.66. The van der Waals surface area contributed by atoms with Crippen molar-refractivity contribution in [2.45, 2.75) is 25.3 Å². The van der Waals surface area contributed by atoms with E-state index in [1.807, 2.05) is 44.2 Å². The van der Waals surface area contributed by atoms with E-state index in [1.165, 1.54) is 0 Å². The van der Waals surface area contributed by atoms with Gasteiger partial charge in [0.1, 0.15) is 11.4 Å². The molecule has 0 aliphatic carbocycles. The largest absolute Gasteiger partial charge is 0.464 e. The van der Waals surface area contributed by atoms with Gasteiger partial charge in [0.2, 0.25) is 0 Å². The zero-order chi connectivity index (χ0) is 19.4. The molecule has 3 rings (SSSR count). The van der Waals surface area contributed by atoms with Crippen molar-refractivity contribution < 1.29 is 14.3 Å². The summed E-state index contributed by atoms with van der Waals surface area (Å²) in [6.07, 6.45) is 0. The van der Waals surface area contributed by atoms with Gasteiger partial charge in [-0.05, 0) is 29.7 Å². The maximum absolute atomic E-state index is 13.3. The normalized spacial score (nSPS) is 19.3. The summed E-state index contributed by atoms with van der Waals surface area (Å²) >= 11 is 7.64. The highest BCUT2D eigenvalue weighted by Gasteiger charge is 2.43. The Morgan fingerprint density at radius 2 is 1.93 bits per heavy atom. The Morgan fingerprint density at radius 1 is 1.19 bits per heavy atom. The summed E-state index contributed by atoms with van der Waals surface area (Å²) in [5, 5.41) is 0.247. The molecule has 1 amide bonds. The number of benzene rings is 2. The number of carbonyl (C=O) groups excluding carboxylic acids is 2. The van der Waals surface area contributed by atoms with E-state index in [-0.39, 0.29) is 23.2 Å². The molecule has 2 aromatic rings. The molecule has 142 valence electrons. The van der Waals surface area contributed by atoms with Gasteiger partial charge in [0.15, 0.2) is 0 Å². The second-order valence-corrected chi connectivity index (χ2v) is 8.41. The van der Waals surface area contributed by atoms with Gasteiger partial charge < -0.3 is 9.64 Å². The van der Waals surface area contributed by atoms with Crippen LogP contribution in [0.25, 0.3) is 0 Å². The SMILES string of the molecule is CC(C)COC(=O)[C@H]1CS[C@H](c2ccccc2)N1C(=O)c1cccc(Cl)c1. The first-order valence-corrected chi connectivity index (χ1v) is 10.3. The standard InChI is InChI=1S/C21H22ClNO3S/c1-14(2)12-26-21(25)18-13-27-20(15-7-4-3-5-8-15)23(18)19(24)16-9-6-10-17(22)11-16/h3-11,14,18,20H,12-13H2,1-2H3/t18-,20-/m1/s1. The molecule has 0 saturated carbocycles. The van der Waals surface area contributed by atoms with Gasteiger partial charge in [-0.25, -0.2) is 4.79 Å². The molecule has 2 aromatic carbocycles. The summed E-state index contributed by atoms with van der Waals surface area (Å²) in [5.41, 5.74) is 1.45. The highest BCUT2D eigenvalue weighted by Crippen LogP contribution is 2.42. The Morgan fingerprint density at radius 3 is 2.59 bits per heavy atom.